The van der Waals surface area contributed by atoms with Gasteiger partial charge in [0.05, 0.1) is 6.61 Å². The molecule has 0 spiro atoms. The van der Waals surface area contributed by atoms with Crippen molar-refractivity contribution in [2.45, 2.75) is 18.9 Å². The lowest BCUT2D eigenvalue weighted by Crippen LogP contribution is -2.28. The highest BCUT2D eigenvalue weighted by Gasteiger charge is 2.17. The molecule has 0 amide bonds. The average Bonchev–Trinajstić information content (AvgIpc) is 2.33. The van der Waals surface area contributed by atoms with Gasteiger partial charge in [-0.2, -0.15) is 0 Å². The van der Waals surface area contributed by atoms with Gasteiger partial charge in [0.25, 0.3) is 0 Å². The van der Waals surface area contributed by atoms with E-state index in [0.717, 1.165) is 19.4 Å². The Morgan fingerprint density at radius 2 is 2.35 bits per heavy atom. The van der Waals surface area contributed by atoms with E-state index in [1.54, 1.807) is 6.07 Å². The highest BCUT2D eigenvalue weighted by atomic mass is 19.1. The predicted octanol–water partition coefficient (Wildman–Crippen LogP) is 1.67. The summed E-state index contributed by atoms with van der Waals surface area (Å²) < 4.78 is 24.4. The summed E-state index contributed by atoms with van der Waals surface area (Å²) in [5.74, 6) is -0.467. The number of halogens is 1. The summed E-state index contributed by atoms with van der Waals surface area (Å²) >= 11 is 0. The number of rotatable bonds is 3. The first-order chi connectivity index (χ1) is 8.16. The third kappa shape index (κ3) is 2.94. The first-order valence-corrected chi connectivity index (χ1v) is 5.55. The molecule has 0 radical (unpaired) electrons. The van der Waals surface area contributed by atoms with E-state index in [0.29, 0.717) is 12.2 Å². The largest absolute Gasteiger partial charge is 0.485 e. The lowest BCUT2D eigenvalue weighted by Gasteiger charge is -2.23. The molecule has 1 aromatic rings. The number of nitrogens with two attached hydrogens (primary N) is 1. The van der Waals surface area contributed by atoms with Gasteiger partial charge in [-0.05, 0) is 31.0 Å². The SMILES string of the molecule is N=C(N)c1ccc(OC2CCCOC2)c(F)c1. The van der Waals surface area contributed by atoms with Gasteiger partial charge < -0.3 is 15.2 Å². The molecule has 1 aromatic carbocycles. The van der Waals surface area contributed by atoms with E-state index in [9.17, 15) is 4.39 Å². The van der Waals surface area contributed by atoms with Crippen LogP contribution in [0.1, 0.15) is 18.4 Å². The van der Waals surface area contributed by atoms with Gasteiger partial charge in [0.15, 0.2) is 11.6 Å². The van der Waals surface area contributed by atoms with Gasteiger partial charge >= 0.3 is 0 Å². The van der Waals surface area contributed by atoms with Crippen molar-refractivity contribution in [1.29, 1.82) is 5.41 Å². The monoisotopic (exact) mass is 238 g/mol. The summed E-state index contributed by atoms with van der Waals surface area (Å²) in [6.07, 6.45) is 1.70. The average molecular weight is 238 g/mol. The molecule has 1 saturated heterocycles. The molecular formula is C12H15FN2O2. The van der Waals surface area contributed by atoms with Crippen LogP contribution in [0.3, 0.4) is 0 Å². The zero-order valence-electron chi connectivity index (χ0n) is 9.41. The maximum Gasteiger partial charge on any atom is 0.165 e. The minimum atomic E-state index is -0.497. The van der Waals surface area contributed by atoms with Crippen LogP contribution in [0.15, 0.2) is 18.2 Å². The highest BCUT2D eigenvalue weighted by Crippen LogP contribution is 2.22. The number of amidine groups is 1. The third-order valence-corrected chi connectivity index (χ3v) is 2.66. The molecule has 0 aromatic heterocycles. The quantitative estimate of drug-likeness (QED) is 0.621. The maximum atomic E-state index is 13.6. The van der Waals surface area contributed by atoms with Crippen LogP contribution in [-0.4, -0.2) is 25.2 Å². The number of nitrogens with one attached hydrogen (secondary N) is 1. The molecule has 0 bridgehead atoms. The first-order valence-electron chi connectivity index (χ1n) is 5.55. The van der Waals surface area contributed by atoms with E-state index in [4.69, 9.17) is 20.6 Å². The summed E-state index contributed by atoms with van der Waals surface area (Å²) in [6, 6.07) is 4.28. The zero-order valence-corrected chi connectivity index (χ0v) is 9.41. The Bertz CT molecular complexity index is 417. The van der Waals surface area contributed by atoms with Crippen molar-refractivity contribution >= 4 is 5.84 Å². The van der Waals surface area contributed by atoms with E-state index in [1.807, 2.05) is 0 Å². The van der Waals surface area contributed by atoms with E-state index in [2.05, 4.69) is 0 Å². The van der Waals surface area contributed by atoms with Crippen molar-refractivity contribution in [2.75, 3.05) is 13.2 Å². The number of nitrogen functional groups attached to an aromatic ring is 1. The molecule has 0 saturated carbocycles. The van der Waals surface area contributed by atoms with Gasteiger partial charge in [-0.3, -0.25) is 5.41 Å². The Kier molecular flexibility index (Phi) is 3.58. The molecule has 92 valence electrons. The second-order valence-electron chi connectivity index (χ2n) is 4.02. The molecule has 1 fully saturated rings. The molecule has 3 N–H and O–H groups in total. The summed E-state index contributed by atoms with van der Waals surface area (Å²) in [5.41, 5.74) is 5.63. The van der Waals surface area contributed by atoms with Crippen LogP contribution in [-0.2, 0) is 4.74 Å². The summed E-state index contributed by atoms with van der Waals surface area (Å²) in [6.45, 7) is 1.24. The van der Waals surface area contributed by atoms with Crippen LogP contribution in [0.4, 0.5) is 4.39 Å². The van der Waals surface area contributed by atoms with Gasteiger partial charge in [-0.25, -0.2) is 4.39 Å². The number of hydrogen-bond donors (Lipinski definition) is 2. The lowest BCUT2D eigenvalue weighted by atomic mass is 10.1. The van der Waals surface area contributed by atoms with Gasteiger partial charge in [0, 0.05) is 12.2 Å². The minimum absolute atomic E-state index is 0.0959. The fourth-order valence-electron chi connectivity index (χ4n) is 1.75. The van der Waals surface area contributed by atoms with Crippen LogP contribution < -0.4 is 10.5 Å². The Morgan fingerprint density at radius 1 is 1.53 bits per heavy atom. The molecule has 5 heteroatoms. The van der Waals surface area contributed by atoms with E-state index >= 15 is 0 Å². The second-order valence-corrected chi connectivity index (χ2v) is 4.02. The fourth-order valence-corrected chi connectivity index (χ4v) is 1.75. The predicted molar refractivity (Wildman–Crippen MR) is 61.9 cm³/mol. The topological polar surface area (TPSA) is 68.3 Å². The van der Waals surface area contributed by atoms with E-state index < -0.39 is 5.82 Å². The fraction of sp³-hybridized carbons (Fsp3) is 0.417. The smallest absolute Gasteiger partial charge is 0.165 e. The number of hydrogen-bond acceptors (Lipinski definition) is 3. The molecule has 17 heavy (non-hydrogen) atoms. The number of ether oxygens (including phenoxy) is 2. The van der Waals surface area contributed by atoms with Crippen molar-refractivity contribution in [3.63, 3.8) is 0 Å². The van der Waals surface area contributed by atoms with Crippen molar-refractivity contribution in [3.8, 4) is 5.75 Å². The first kappa shape index (κ1) is 11.9. The molecule has 1 unspecified atom stereocenters. The molecule has 1 atom stereocenters. The molecule has 1 aliphatic rings. The lowest BCUT2D eigenvalue weighted by molar-refractivity contribution is 0.00588. The van der Waals surface area contributed by atoms with E-state index in [-0.39, 0.29) is 17.7 Å². The van der Waals surface area contributed by atoms with Gasteiger partial charge in [0.2, 0.25) is 0 Å². The van der Waals surface area contributed by atoms with Crippen LogP contribution in [0.2, 0.25) is 0 Å². The van der Waals surface area contributed by atoms with Crippen molar-refractivity contribution in [2.24, 2.45) is 5.73 Å². The Hall–Kier alpha value is -1.62. The Balaban J connectivity index is 2.08. The van der Waals surface area contributed by atoms with E-state index in [1.165, 1.54) is 12.1 Å². The third-order valence-electron chi connectivity index (χ3n) is 2.66. The van der Waals surface area contributed by atoms with Crippen LogP contribution >= 0.6 is 0 Å². The molecule has 2 rings (SSSR count). The highest BCUT2D eigenvalue weighted by molar-refractivity contribution is 5.95. The summed E-state index contributed by atoms with van der Waals surface area (Å²) in [4.78, 5) is 0. The Morgan fingerprint density at radius 3 is 2.94 bits per heavy atom. The van der Waals surface area contributed by atoms with Crippen LogP contribution in [0, 0.1) is 11.2 Å². The molecule has 0 aliphatic carbocycles. The zero-order chi connectivity index (χ0) is 12.3. The van der Waals surface area contributed by atoms with Crippen molar-refractivity contribution < 1.29 is 13.9 Å². The molecule has 4 nitrogen and oxygen atoms in total. The summed E-state index contributed by atoms with van der Waals surface area (Å²) in [7, 11) is 0. The van der Waals surface area contributed by atoms with Gasteiger partial charge in [0.1, 0.15) is 11.9 Å². The van der Waals surface area contributed by atoms with Crippen molar-refractivity contribution in [3.05, 3.63) is 29.6 Å². The molecule has 1 aliphatic heterocycles. The second kappa shape index (κ2) is 5.14. The van der Waals surface area contributed by atoms with Crippen LogP contribution in [0.5, 0.6) is 5.75 Å². The van der Waals surface area contributed by atoms with Crippen LogP contribution in [0.25, 0.3) is 0 Å². The Labute approximate surface area is 99.0 Å². The van der Waals surface area contributed by atoms with Gasteiger partial charge in [-0.1, -0.05) is 0 Å². The standard InChI is InChI=1S/C12H15FN2O2/c13-10-6-8(12(14)15)3-4-11(10)17-9-2-1-5-16-7-9/h3-4,6,9H,1-2,5,7H2,(H3,14,15). The van der Waals surface area contributed by atoms with Gasteiger partial charge in [-0.15, -0.1) is 0 Å². The maximum absolute atomic E-state index is 13.6. The molecule has 1 heterocycles. The number of benzene rings is 1. The summed E-state index contributed by atoms with van der Waals surface area (Å²) in [5, 5.41) is 7.21. The molecular weight excluding hydrogens is 223 g/mol. The minimum Gasteiger partial charge on any atom is -0.485 e. The van der Waals surface area contributed by atoms with Crippen molar-refractivity contribution in [1.82, 2.24) is 0 Å². The normalized spacial score (nSPS) is 19.9.